The Morgan fingerprint density at radius 3 is 2.20 bits per heavy atom. The first-order chi connectivity index (χ1) is 12.2. The highest BCUT2D eigenvalue weighted by Crippen LogP contribution is 2.56. The van der Waals surface area contributed by atoms with Crippen molar-refractivity contribution in [2.45, 2.75) is 0 Å². The van der Waals surface area contributed by atoms with Crippen molar-refractivity contribution >= 4 is 35.4 Å². The third kappa shape index (κ3) is 2.85. The van der Waals surface area contributed by atoms with Gasteiger partial charge in [-0.05, 0) is 35.9 Å². The lowest BCUT2D eigenvalue weighted by molar-refractivity contribution is 0.591. The molecule has 0 radical (unpaired) electrons. The Balaban J connectivity index is 1.85. The van der Waals surface area contributed by atoms with Crippen LogP contribution < -0.4 is 10.6 Å². The minimum atomic E-state index is -2.91. The van der Waals surface area contributed by atoms with Crippen molar-refractivity contribution < 1.29 is 4.57 Å². The summed E-state index contributed by atoms with van der Waals surface area (Å²) in [7, 11) is -2.91. The predicted octanol–water partition coefficient (Wildman–Crippen LogP) is 5.06. The van der Waals surface area contributed by atoms with E-state index in [4.69, 9.17) is 11.6 Å². The monoisotopic (exact) mass is 360 g/mol. The number of rotatable bonds is 1. The van der Waals surface area contributed by atoms with Gasteiger partial charge >= 0.3 is 0 Å². The Labute approximate surface area is 152 Å². The van der Waals surface area contributed by atoms with Gasteiger partial charge in [0.2, 0.25) is 0 Å². The normalized spacial score (nSPS) is 18.0. The molecule has 0 N–H and O–H groups in total. The summed E-state index contributed by atoms with van der Waals surface area (Å²) in [6.07, 6.45) is 1.95. The first-order valence-corrected chi connectivity index (χ1v) is 10.0. The number of hydrogen-bond acceptors (Lipinski definition) is 1. The van der Waals surface area contributed by atoms with Gasteiger partial charge in [0.1, 0.15) is 0 Å². The van der Waals surface area contributed by atoms with Crippen LogP contribution in [0, 0.1) is 11.8 Å². The third-order valence-electron chi connectivity index (χ3n) is 4.21. The van der Waals surface area contributed by atoms with E-state index >= 15 is 0 Å². The Hall–Kier alpha value is -2.52. The van der Waals surface area contributed by atoms with Crippen molar-refractivity contribution in [1.29, 1.82) is 0 Å². The van der Waals surface area contributed by atoms with Crippen LogP contribution in [0.15, 0.2) is 84.2 Å². The van der Waals surface area contributed by atoms with Crippen LogP contribution in [0.5, 0.6) is 0 Å². The molecular weight excluding hydrogens is 347 g/mol. The summed E-state index contributed by atoms with van der Waals surface area (Å²) in [5.41, 5.74) is 1.83. The van der Waals surface area contributed by atoms with E-state index in [2.05, 4.69) is 11.8 Å². The number of hydrogen-bond donors (Lipinski definition) is 0. The van der Waals surface area contributed by atoms with E-state index in [0.717, 1.165) is 21.7 Å². The zero-order valence-corrected chi connectivity index (χ0v) is 15.0. The first-order valence-electron chi connectivity index (χ1n) is 7.93. The molecule has 3 aromatic rings. The van der Waals surface area contributed by atoms with Crippen molar-refractivity contribution in [3.63, 3.8) is 0 Å². The number of benzene rings is 3. The number of halogens is 1. The summed E-state index contributed by atoms with van der Waals surface area (Å²) in [5.74, 6) is 6.28. The number of fused-ring (bicyclic) bond motifs is 1. The quantitative estimate of drug-likeness (QED) is 0.438. The van der Waals surface area contributed by atoms with Crippen molar-refractivity contribution in [3.05, 3.63) is 100 Å². The molecule has 1 nitrogen and oxygen atoms in total. The molecular formula is C22H14ClOP. The van der Waals surface area contributed by atoms with Gasteiger partial charge in [-0.25, -0.2) is 0 Å². The molecule has 3 heteroatoms. The zero-order chi connectivity index (χ0) is 17.3. The van der Waals surface area contributed by atoms with E-state index in [9.17, 15) is 4.57 Å². The van der Waals surface area contributed by atoms with Gasteiger partial charge in [0.05, 0.1) is 5.31 Å². The largest absolute Gasteiger partial charge is 0.308 e. The molecule has 0 saturated heterocycles. The summed E-state index contributed by atoms with van der Waals surface area (Å²) in [6.45, 7) is 0. The van der Waals surface area contributed by atoms with Crippen LogP contribution in [0.1, 0.15) is 11.1 Å². The minimum Gasteiger partial charge on any atom is -0.308 e. The summed E-state index contributed by atoms with van der Waals surface area (Å²) in [6, 6.07) is 24.8. The second-order valence-electron chi connectivity index (χ2n) is 5.79. The lowest BCUT2D eigenvalue weighted by atomic mass is 10.2. The average Bonchev–Trinajstić information content (AvgIpc) is 2.95. The maximum Gasteiger partial charge on any atom is 0.179 e. The van der Waals surface area contributed by atoms with Gasteiger partial charge in [-0.1, -0.05) is 78.0 Å². The van der Waals surface area contributed by atoms with Gasteiger partial charge in [0.25, 0.3) is 0 Å². The molecule has 0 spiro atoms. The van der Waals surface area contributed by atoms with Crippen molar-refractivity contribution in [2.24, 2.45) is 0 Å². The average molecular weight is 361 g/mol. The van der Waals surface area contributed by atoms with E-state index < -0.39 is 7.14 Å². The standard InChI is InChI=1S/C22H14ClOP/c23-19-13-10-17(11-14-19)12-15-21-16-18-6-4-5-9-22(18)25(21,24)20-7-2-1-3-8-20/h1-11,13-14,16H/t25-/m1/s1. The topological polar surface area (TPSA) is 17.1 Å². The van der Waals surface area contributed by atoms with E-state index in [0.29, 0.717) is 10.3 Å². The fourth-order valence-electron chi connectivity index (χ4n) is 2.96. The van der Waals surface area contributed by atoms with Crippen molar-refractivity contribution in [1.82, 2.24) is 0 Å². The molecule has 0 amide bonds. The van der Waals surface area contributed by atoms with Crippen LogP contribution in [-0.2, 0) is 4.57 Å². The molecule has 1 heterocycles. The van der Waals surface area contributed by atoms with Crippen LogP contribution in [0.3, 0.4) is 0 Å². The molecule has 1 atom stereocenters. The highest BCUT2D eigenvalue weighted by molar-refractivity contribution is 7.83. The van der Waals surface area contributed by atoms with Gasteiger partial charge in [0.15, 0.2) is 7.14 Å². The molecule has 120 valence electrons. The highest BCUT2D eigenvalue weighted by atomic mass is 35.5. The van der Waals surface area contributed by atoms with E-state index in [1.165, 1.54) is 0 Å². The molecule has 4 rings (SSSR count). The van der Waals surface area contributed by atoms with Crippen LogP contribution >= 0.6 is 18.7 Å². The fraction of sp³-hybridized carbons (Fsp3) is 0. The van der Waals surface area contributed by atoms with Crippen LogP contribution in [0.2, 0.25) is 5.02 Å². The smallest absolute Gasteiger partial charge is 0.179 e. The van der Waals surface area contributed by atoms with Crippen molar-refractivity contribution in [3.8, 4) is 11.8 Å². The van der Waals surface area contributed by atoms with Crippen LogP contribution in [0.4, 0.5) is 0 Å². The third-order valence-corrected chi connectivity index (χ3v) is 7.49. The fourth-order valence-corrected chi connectivity index (χ4v) is 5.83. The Kier molecular flexibility index (Phi) is 4.10. The predicted molar refractivity (Wildman–Crippen MR) is 106 cm³/mol. The molecule has 25 heavy (non-hydrogen) atoms. The second kappa shape index (κ2) is 6.41. The summed E-state index contributed by atoms with van der Waals surface area (Å²) in [5, 5.41) is 3.03. The molecule has 0 unspecified atom stereocenters. The highest BCUT2D eigenvalue weighted by Gasteiger charge is 2.37. The zero-order valence-electron chi connectivity index (χ0n) is 13.3. The molecule has 0 aromatic heterocycles. The molecule has 0 saturated carbocycles. The molecule has 1 aliphatic heterocycles. The minimum absolute atomic E-state index is 0.674. The summed E-state index contributed by atoms with van der Waals surface area (Å²) in [4.78, 5) is 0. The van der Waals surface area contributed by atoms with Gasteiger partial charge < -0.3 is 4.57 Å². The van der Waals surface area contributed by atoms with Gasteiger partial charge in [-0.15, -0.1) is 0 Å². The van der Waals surface area contributed by atoms with E-state index in [1.807, 2.05) is 72.8 Å². The summed E-state index contributed by atoms with van der Waals surface area (Å²) < 4.78 is 14.1. The van der Waals surface area contributed by atoms with E-state index in [-0.39, 0.29) is 0 Å². The van der Waals surface area contributed by atoms with Gasteiger partial charge in [-0.2, -0.15) is 0 Å². The maximum absolute atomic E-state index is 14.1. The molecule has 1 aliphatic rings. The molecule has 0 aliphatic carbocycles. The maximum atomic E-state index is 14.1. The Bertz CT molecular complexity index is 1070. The molecule has 0 bridgehead atoms. The molecule has 0 fully saturated rings. The summed E-state index contributed by atoms with van der Waals surface area (Å²) >= 11 is 5.92. The lowest BCUT2D eigenvalue weighted by Gasteiger charge is -2.15. The Morgan fingerprint density at radius 2 is 1.44 bits per heavy atom. The lowest BCUT2D eigenvalue weighted by Crippen LogP contribution is -2.15. The van der Waals surface area contributed by atoms with Gasteiger partial charge in [-0.3, -0.25) is 0 Å². The van der Waals surface area contributed by atoms with Gasteiger partial charge in [0, 0.05) is 21.2 Å². The first kappa shape index (κ1) is 16.0. The van der Waals surface area contributed by atoms with E-state index in [1.54, 1.807) is 12.1 Å². The second-order valence-corrected chi connectivity index (χ2v) is 8.93. The number of allylic oxidation sites excluding steroid dienone is 1. The molecule has 3 aromatic carbocycles. The Morgan fingerprint density at radius 1 is 0.760 bits per heavy atom. The van der Waals surface area contributed by atoms with Crippen LogP contribution in [-0.4, -0.2) is 0 Å². The SMILES string of the molecule is O=[P@]1(c2ccccc2)C(C#Cc2ccc(Cl)cc2)=Cc2ccccc21. The van der Waals surface area contributed by atoms with Crippen molar-refractivity contribution in [2.75, 3.05) is 0 Å². The van der Waals surface area contributed by atoms with Crippen LogP contribution in [0.25, 0.3) is 6.08 Å².